The standard InChI is InChI=1S/C18H18N4O2S/c1-11-3-6-14(7-4-11)25-10-13-9-12(5-8-15(13)24-2)16-17(18(19)23)21-22-20-16/h3-9H,10H2,1-2H3,(H2,19,23)(H,20,21,22). The summed E-state index contributed by atoms with van der Waals surface area (Å²) in [5.74, 6) is 0.895. The molecule has 0 saturated heterocycles. The summed E-state index contributed by atoms with van der Waals surface area (Å²) in [4.78, 5) is 12.7. The van der Waals surface area contributed by atoms with Crippen molar-refractivity contribution >= 4 is 17.7 Å². The average Bonchev–Trinajstić information content (AvgIpc) is 3.11. The maximum atomic E-state index is 11.5. The lowest BCUT2D eigenvalue weighted by molar-refractivity contribution is 0.0996. The van der Waals surface area contributed by atoms with Crippen molar-refractivity contribution in [2.75, 3.05) is 7.11 Å². The van der Waals surface area contributed by atoms with Gasteiger partial charge in [-0.25, -0.2) is 0 Å². The number of aromatic nitrogens is 3. The highest BCUT2D eigenvalue weighted by Gasteiger charge is 2.16. The number of hydrogen-bond acceptors (Lipinski definition) is 5. The average molecular weight is 354 g/mol. The second-order valence-electron chi connectivity index (χ2n) is 5.51. The number of amides is 1. The van der Waals surface area contributed by atoms with Crippen LogP contribution in [0.25, 0.3) is 11.3 Å². The number of carbonyl (C=O) groups excluding carboxylic acids is 1. The van der Waals surface area contributed by atoms with Gasteiger partial charge in [-0.05, 0) is 37.3 Å². The molecule has 1 heterocycles. The molecule has 0 spiro atoms. The van der Waals surface area contributed by atoms with Gasteiger partial charge in [-0.2, -0.15) is 15.4 Å². The van der Waals surface area contributed by atoms with Gasteiger partial charge < -0.3 is 10.5 Å². The fourth-order valence-corrected chi connectivity index (χ4v) is 3.31. The number of nitrogens with two attached hydrogens (primary N) is 1. The molecule has 6 nitrogen and oxygen atoms in total. The van der Waals surface area contributed by atoms with Crippen LogP contribution in [0, 0.1) is 6.92 Å². The molecule has 0 saturated carbocycles. The third-order valence-electron chi connectivity index (χ3n) is 3.75. The van der Waals surface area contributed by atoms with Crippen molar-refractivity contribution in [1.82, 2.24) is 15.4 Å². The zero-order chi connectivity index (χ0) is 17.8. The predicted molar refractivity (Wildman–Crippen MR) is 97.6 cm³/mol. The number of aromatic amines is 1. The zero-order valence-corrected chi connectivity index (χ0v) is 14.8. The summed E-state index contributed by atoms with van der Waals surface area (Å²) in [6.07, 6.45) is 0. The molecule has 7 heteroatoms. The fourth-order valence-electron chi connectivity index (χ4n) is 2.44. The lowest BCUT2D eigenvalue weighted by Crippen LogP contribution is -2.12. The molecule has 1 aromatic heterocycles. The van der Waals surface area contributed by atoms with Crippen molar-refractivity contribution in [3.63, 3.8) is 0 Å². The van der Waals surface area contributed by atoms with Crippen molar-refractivity contribution in [2.45, 2.75) is 17.6 Å². The lowest BCUT2D eigenvalue weighted by Gasteiger charge is -2.10. The SMILES string of the molecule is COc1ccc(-c2n[nH]nc2C(N)=O)cc1CSc1ccc(C)cc1. The molecule has 0 radical (unpaired) electrons. The van der Waals surface area contributed by atoms with Crippen molar-refractivity contribution in [2.24, 2.45) is 5.73 Å². The Morgan fingerprint density at radius 2 is 1.96 bits per heavy atom. The number of benzene rings is 2. The quantitative estimate of drug-likeness (QED) is 0.663. The largest absolute Gasteiger partial charge is 0.496 e. The summed E-state index contributed by atoms with van der Waals surface area (Å²) >= 11 is 1.71. The molecule has 1 amide bonds. The topological polar surface area (TPSA) is 93.9 Å². The summed E-state index contributed by atoms with van der Waals surface area (Å²) < 4.78 is 5.45. The number of primary amides is 1. The van der Waals surface area contributed by atoms with Crippen molar-refractivity contribution in [1.29, 1.82) is 0 Å². The van der Waals surface area contributed by atoms with Crippen LogP contribution >= 0.6 is 11.8 Å². The number of thioether (sulfide) groups is 1. The first kappa shape index (κ1) is 17.0. The molecule has 25 heavy (non-hydrogen) atoms. The highest BCUT2D eigenvalue weighted by Crippen LogP contribution is 2.32. The van der Waals surface area contributed by atoms with E-state index >= 15 is 0 Å². The van der Waals surface area contributed by atoms with Gasteiger partial charge in [0.05, 0.1) is 7.11 Å². The van der Waals surface area contributed by atoms with Crippen LogP contribution in [0.2, 0.25) is 0 Å². The second-order valence-corrected chi connectivity index (χ2v) is 6.56. The minimum absolute atomic E-state index is 0.127. The summed E-state index contributed by atoms with van der Waals surface area (Å²) in [7, 11) is 1.64. The van der Waals surface area contributed by atoms with Gasteiger partial charge in [0, 0.05) is 21.8 Å². The van der Waals surface area contributed by atoms with Crippen molar-refractivity contribution in [3.8, 4) is 17.0 Å². The number of nitrogens with zero attached hydrogens (tertiary/aromatic N) is 2. The minimum atomic E-state index is -0.616. The van der Waals surface area contributed by atoms with Crippen LogP contribution in [0.3, 0.4) is 0 Å². The highest BCUT2D eigenvalue weighted by molar-refractivity contribution is 7.98. The van der Waals surface area contributed by atoms with E-state index in [0.29, 0.717) is 5.69 Å². The van der Waals surface area contributed by atoms with E-state index in [1.54, 1.807) is 18.9 Å². The summed E-state index contributed by atoms with van der Waals surface area (Å²) in [6.45, 7) is 2.06. The van der Waals surface area contributed by atoms with E-state index in [9.17, 15) is 4.79 Å². The molecular formula is C18H18N4O2S. The maximum absolute atomic E-state index is 11.5. The highest BCUT2D eigenvalue weighted by atomic mass is 32.2. The Kier molecular flexibility index (Phi) is 5.04. The monoisotopic (exact) mass is 354 g/mol. The molecule has 3 aromatic rings. The van der Waals surface area contributed by atoms with E-state index in [0.717, 1.165) is 22.6 Å². The number of aryl methyl sites for hydroxylation is 1. The van der Waals surface area contributed by atoms with Crippen LogP contribution in [0.15, 0.2) is 47.4 Å². The van der Waals surface area contributed by atoms with Crippen LogP contribution in [0.4, 0.5) is 0 Å². The molecule has 0 aliphatic rings. The molecule has 128 valence electrons. The molecule has 0 aliphatic carbocycles. The van der Waals surface area contributed by atoms with Crippen LogP contribution < -0.4 is 10.5 Å². The number of carbonyl (C=O) groups is 1. The van der Waals surface area contributed by atoms with E-state index in [1.165, 1.54) is 10.5 Å². The van der Waals surface area contributed by atoms with Crippen molar-refractivity contribution < 1.29 is 9.53 Å². The van der Waals surface area contributed by atoms with E-state index in [-0.39, 0.29) is 5.69 Å². The summed E-state index contributed by atoms with van der Waals surface area (Å²) in [6, 6.07) is 14.0. The van der Waals surface area contributed by atoms with Gasteiger partial charge in [-0.1, -0.05) is 17.7 Å². The van der Waals surface area contributed by atoms with Crippen LogP contribution in [-0.2, 0) is 5.75 Å². The molecule has 0 unspecified atom stereocenters. The van der Waals surface area contributed by atoms with E-state index < -0.39 is 5.91 Å². The normalized spacial score (nSPS) is 10.6. The zero-order valence-electron chi connectivity index (χ0n) is 13.9. The van der Waals surface area contributed by atoms with Gasteiger partial charge in [-0.3, -0.25) is 4.79 Å². The number of methoxy groups -OCH3 is 1. The Balaban J connectivity index is 1.88. The van der Waals surface area contributed by atoms with E-state index in [2.05, 4.69) is 46.6 Å². The number of rotatable bonds is 6. The molecule has 2 aromatic carbocycles. The van der Waals surface area contributed by atoms with Gasteiger partial charge >= 0.3 is 0 Å². The number of H-pyrrole nitrogens is 1. The first-order valence-corrected chi connectivity index (χ1v) is 8.64. The number of nitrogens with one attached hydrogen (secondary N) is 1. The minimum Gasteiger partial charge on any atom is -0.496 e. The van der Waals surface area contributed by atoms with Gasteiger partial charge in [0.1, 0.15) is 11.4 Å². The van der Waals surface area contributed by atoms with E-state index in [4.69, 9.17) is 10.5 Å². The van der Waals surface area contributed by atoms with Crippen LogP contribution in [-0.4, -0.2) is 28.4 Å². The van der Waals surface area contributed by atoms with Gasteiger partial charge in [0.2, 0.25) is 0 Å². The molecule has 0 fully saturated rings. The number of hydrogen-bond donors (Lipinski definition) is 2. The predicted octanol–water partition coefficient (Wildman–Crippen LogP) is 3.18. The fraction of sp³-hybridized carbons (Fsp3) is 0.167. The van der Waals surface area contributed by atoms with Crippen LogP contribution in [0.1, 0.15) is 21.6 Å². The Labute approximate surface area is 149 Å². The molecule has 0 aliphatic heterocycles. The van der Waals surface area contributed by atoms with Gasteiger partial charge in [0.15, 0.2) is 5.69 Å². The Morgan fingerprint density at radius 1 is 1.20 bits per heavy atom. The second kappa shape index (κ2) is 7.40. The van der Waals surface area contributed by atoms with E-state index in [1.807, 2.05) is 18.2 Å². The Bertz CT molecular complexity index is 890. The molecule has 0 bridgehead atoms. The lowest BCUT2D eigenvalue weighted by atomic mass is 10.1. The van der Waals surface area contributed by atoms with Crippen LogP contribution in [0.5, 0.6) is 5.75 Å². The molecule has 3 N–H and O–H groups in total. The first-order chi connectivity index (χ1) is 12.1. The number of ether oxygens (including phenoxy) is 1. The molecule has 0 atom stereocenters. The van der Waals surface area contributed by atoms with Gasteiger partial charge in [0.25, 0.3) is 5.91 Å². The Morgan fingerprint density at radius 3 is 2.64 bits per heavy atom. The Hall–Kier alpha value is -2.80. The third-order valence-corrected chi connectivity index (χ3v) is 4.81. The smallest absolute Gasteiger partial charge is 0.271 e. The third kappa shape index (κ3) is 3.83. The summed E-state index contributed by atoms with van der Waals surface area (Å²) in [5, 5.41) is 10.3. The summed E-state index contributed by atoms with van der Waals surface area (Å²) in [5.41, 5.74) is 8.92. The maximum Gasteiger partial charge on any atom is 0.271 e. The first-order valence-electron chi connectivity index (χ1n) is 7.66. The van der Waals surface area contributed by atoms with Gasteiger partial charge in [-0.15, -0.1) is 11.8 Å². The molecule has 3 rings (SSSR count). The molecular weight excluding hydrogens is 336 g/mol. The van der Waals surface area contributed by atoms with Crippen molar-refractivity contribution in [3.05, 3.63) is 59.3 Å².